The van der Waals surface area contributed by atoms with Gasteiger partial charge in [0.2, 0.25) is 5.91 Å². The van der Waals surface area contributed by atoms with Crippen molar-refractivity contribution in [3.63, 3.8) is 0 Å². The number of sulfone groups is 1. The Balaban J connectivity index is 0.000000356. The topological polar surface area (TPSA) is 125 Å². The van der Waals surface area contributed by atoms with Crippen molar-refractivity contribution in [3.8, 4) is 21.6 Å². The van der Waals surface area contributed by atoms with E-state index in [-0.39, 0.29) is 13.0 Å². The van der Waals surface area contributed by atoms with Crippen LogP contribution in [-0.4, -0.2) is 49.2 Å². The van der Waals surface area contributed by atoms with Crippen molar-refractivity contribution in [3.05, 3.63) is 129 Å². The van der Waals surface area contributed by atoms with Gasteiger partial charge in [0.05, 0.1) is 11.8 Å². The highest BCUT2D eigenvalue weighted by molar-refractivity contribution is 7.95. The lowest BCUT2D eigenvalue weighted by Gasteiger charge is -2.31. The minimum absolute atomic E-state index is 0.150. The number of benzene rings is 3. The first-order chi connectivity index (χ1) is 27.3. The summed E-state index contributed by atoms with van der Waals surface area (Å²) < 4.78 is 33.8. The number of carbonyl (C=O) groups excluding carboxylic acids is 2. The van der Waals surface area contributed by atoms with Crippen LogP contribution in [0, 0.1) is 0 Å². The summed E-state index contributed by atoms with van der Waals surface area (Å²) >= 11 is 1.83. The molecule has 57 heavy (non-hydrogen) atoms. The number of allylic oxidation sites excluding steroid dienone is 3. The monoisotopic (exact) mass is 806 g/mol. The first kappa shape index (κ1) is 40.4. The van der Waals surface area contributed by atoms with Crippen molar-refractivity contribution < 1.29 is 32.3 Å². The highest BCUT2D eigenvalue weighted by Crippen LogP contribution is 2.42. The number of rotatable bonds is 8. The molecular formula is C46H50N2O7S2. The molecule has 3 heterocycles. The maximum absolute atomic E-state index is 13.1. The molecule has 0 radical (unpaired) electrons. The van der Waals surface area contributed by atoms with Crippen LogP contribution in [0.4, 0.5) is 4.79 Å². The van der Waals surface area contributed by atoms with E-state index in [0.717, 1.165) is 61.5 Å². The molecule has 298 valence electrons. The van der Waals surface area contributed by atoms with Gasteiger partial charge in [0, 0.05) is 34.6 Å². The van der Waals surface area contributed by atoms with E-state index in [1.54, 1.807) is 11.6 Å². The quantitative estimate of drug-likeness (QED) is 0.176. The minimum Gasteiger partial charge on any atom is -0.442 e. The van der Waals surface area contributed by atoms with E-state index in [9.17, 15) is 18.0 Å². The van der Waals surface area contributed by atoms with Gasteiger partial charge in [0.1, 0.15) is 5.60 Å². The molecule has 2 aliphatic heterocycles. The maximum Gasteiger partial charge on any atom is 0.434 e. The summed E-state index contributed by atoms with van der Waals surface area (Å²) in [7, 11) is -3.29. The molecule has 4 aromatic rings. The minimum atomic E-state index is -3.29. The maximum atomic E-state index is 13.1. The summed E-state index contributed by atoms with van der Waals surface area (Å²) in [5, 5.41) is 1.63. The summed E-state index contributed by atoms with van der Waals surface area (Å²) in [4.78, 5) is 32.1. The van der Waals surface area contributed by atoms with Crippen LogP contribution in [0.3, 0.4) is 0 Å². The van der Waals surface area contributed by atoms with Crippen LogP contribution in [0.2, 0.25) is 0 Å². The van der Waals surface area contributed by atoms with E-state index in [2.05, 4.69) is 66.7 Å². The number of fused-ring (bicyclic) bond motifs is 5. The Morgan fingerprint density at radius 2 is 1.70 bits per heavy atom. The molecule has 8 rings (SSSR count). The molecular weight excluding hydrogens is 757 g/mol. The predicted molar refractivity (Wildman–Crippen MR) is 226 cm³/mol. The van der Waals surface area contributed by atoms with Crippen LogP contribution < -0.4 is 5.73 Å². The summed E-state index contributed by atoms with van der Waals surface area (Å²) in [6.45, 7) is 6.51. The average molecular weight is 807 g/mol. The Hall–Kier alpha value is -4.81. The van der Waals surface area contributed by atoms with Gasteiger partial charge in [0.15, 0.2) is 16.1 Å². The number of hydrogen-bond acceptors (Lipinski definition) is 8. The fourth-order valence-corrected chi connectivity index (χ4v) is 9.90. The van der Waals surface area contributed by atoms with Gasteiger partial charge >= 0.3 is 6.09 Å². The summed E-state index contributed by atoms with van der Waals surface area (Å²) in [6.07, 6.45) is 13.0. The highest BCUT2D eigenvalue weighted by Gasteiger charge is 2.28. The summed E-state index contributed by atoms with van der Waals surface area (Å²) in [5.74, 6) is -0.608. The van der Waals surface area contributed by atoms with Gasteiger partial charge in [-0.15, -0.1) is 11.3 Å². The zero-order valence-corrected chi connectivity index (χ0v) is 34.4. The molecule has 0 spiro atoms. The van der Waals surface area contributed by atoms with E-state index in [1.165, 1.54) is 60.4 Å². The van der Waals surface area contributed by atoms with Gasteiger partial charge in [-0.25, -0.2) is 18.0 Å². The second kappa shape index (κ2) is 17.4. The number of carbonyl (C=O) groups is 2. The van der Waals surface area contributed by atoms with Crippen LogP contribution in [0.1, 0.15) is 85.6 Å². The van der Waals surface area contributed by atoms with Crippen molar-refractivity contribution in [1.29, 1.82) is 0 Å². The molecule has 11 heteroatoms. The number of ether oxygens (including phenoxy) is 2. The zero-order chi connectivity index (χ0) is 40.2. The number of nitrogens with zero attached hydrogens (tertiary/aromatic N) is 1. The fourth-order valence-electron chi connectivity index (χ4n) is 7.64. The van der Waals surface area contributed by atoms with E-state index in [0.29, 0.717) is 6.61 Å². The third kappa shape index (κ3) is 10.0. The van der Waals surface area contributed by atoms with Gasteiger partial charge < -0.3 is 15.2 Å². The molecule has 3 aromatic carbocycles. The number of nitrogens with two attached hydrogens (primary N) is 1. The van der Waals surface area contributed by atoms with Crippen LogP contribution in [-0.2, 0) is 54.8 Å². The number of hydrogen-bond donors (Lipinski definition) is 1. The smallest absolute Gasteiger partial charge is 0.434 e. The summed E-state index contributed by atoms with van der Waals surface area (Å²) in [5.41, 5.74) is 16.5. The van der Waals surface area contributed by atoms with Gasteiger partial charge in [-0.2, -0.15) is 5.06 Å². The number of aryl methyl sites for hydroxylation is 1. The molecule has 2 unspecified atom stereocenters. The van der Waals surface area contributed by atoms with Gasteiger partial charge in [-0.3, -0.25) is 4.79 Å². The SMILES string of the molecule is CC(C)(C)OC(=O)N(Cc1cccc(-c2ccc(C3=Cc4ccc5c(c4CC3)CCc3ccccc3-5)s2)c1)OC1CCCCO1.NC(=O)CC1C=CC=CS1(=O)=O. The number of thiophene rings is 1. The fraction of sp³-hybridized carbons (Fsp3) is 0.348. The Kier molecular flexibility index (Phi) is 12.3. The molecule has 9 nitrogen and oxygen atoms in total. The standard InChI is InChI=1S/C39H41NO4S.C7H9NO3S/c1-39(2,3)43-38(41)40(44-37-13-6-7-22-42-37)25-26-9-8-11-29(23-26)35-20-21-36(45-35)30-16-17-32-28(24-30)15-19-33-31-12-5-4-10-27(31)14-18-34(32)33;8-7(9)5-6-3-1-2-4-12(6,10)11/h4-5,8-12,15,19-21,23-24,37H,6-7,13-14,16-18,22,25H2,1-3H3;1-4,6H,5H2,(H2,8,9). The first-order valence-corrected chi connectivity index (χ1v) is 22.0. The lowest BCUT2D eigenvalue weighted by Crippen LogP contribution is -2.40. The Bertz CT molecular complexity index is 2330. The third-order valence-corrected chi connectivity index (χ3v) is 13.3. The van der Waals surface area contributed by atoms with Crippen molar-refractivity contribution in [1.82, 2.24) is 5.06 Å². The predicted octanol–water partition coefficient (Wildman–Crippen LogP) is 9.59. The molecule has 0 saturated carbocycles. The Morgan fingerprint density at radius 3 is 2.47 bits per heavy atom. The molecule has 1 saturated heterocycles. The number of amides is 2. The van der Waals surface area contributed by atoms with Crippen LogP contribution in [0.25, 0.3) is 33.2 Å². The second-order valence-electron chi connectivity index (χ2n) is 15.8. The molecule has 4 aliphatic rings. The lowest BCUT2D eigenvalue weighted by atomic mass is 9.78. The van der Waals surface area contributed by atoms with Crippen molar-refractivity contribution in [2.75, 3.05) is 6.61 Å². The van der Waals surface area contributed by atoms with E-state index in [4.69, 9.17) is 20.0 Å². The molecule has 1 fully saturated rings. The molecule has 1 aromatic heterocycles. The second-order valence-corrected chi connectivity index (χ2v) is 18.9. The third-order valence-electron chi connectivity index (χ3n) is 10.4. The number of primary amides is 1. The van der Waals surface area contributed by atoms with E-state index >= 15 is 0 Å². The van der Waals surface area contributed by atoms with E-state index < -0.39 is 39.0 Å². The highest BCUT2D eigenvalue weighted by atomic mass is 32.2. The molecule has 2 amide bonds. The first-order valence-electron chi connectivity index (χ1n) is 19.6. The Morgan fingerprint density at radius 1 is 0.895 bits per heavy atom. The van der Waals surface area contributed by atoms with Gasteiger partial charge in [0.25, 0.3) is 0 Å². The molecule has 2 aliphatic carbocycles. The van der Waals surface area contributed by atoms with Gasteiger partial charge in [-0.05, 0) is 128 Å². The summed E-state index contributed by atoms with van der Waals surface area (Å²) in [6, 6.07) is 26.4. The van der Waals surface area contributed by atoms with Crippen LogP contribution >= 0.6 is 11.3 Å². The molecule has 0 bridgehead atoms. The lowest BCUT2D eigenvalue weighted by molar-refractivity contribution is -0.278. The largest absolute Gasteiger partial charge is 0.442 e. The van der Waals surface area contributed by atoms with Crippen molar-refractivity contribution in [2.45, 2.75) is 95.8 Å². The zero-order valence-electron chi connectivity index (χ0n) is 32.7. The van der Waals surface area contributed by atoms with Crippen molar-refractivity contribution >= 4 is 44.8 Å². The van der Waals surface area contributed by atoms with Crippen LogP contribution in [0.5, 0.6) is 0 Å². The normalized spacial score (nSPS) is 19.2. The number of hydroxylamine groups is 2. The Labute approximate surface area is 339 Å². The molecule has 2 atom stereocenters. The average Bonchev–Trinajstić information content (AvgIpc) is 3.69. The van der Waals surface area contributed by atoms with E-state index in [1.807, 2.05) is 44.2 Å². The van der Waals surface area contributed by atoms with Crippen LogP contribution in [0.15, 0.2) is 96.4 Å². The van der Waals surface area contributed by atoms with Crippen molar-refractivity contribution in [2.24, 2.45) is 5.73 Å². The molecule has 2 N–H and O–H groups in total. The van der Waals surface area contributed by atoms with Gasteiger partial charge in [-0.1, -0.05) is 78.9 Å².